The van der Waals surface area contributed by atoms with Crippen LogP contribution in [0.4, 0.5) is 0 Å². The van der Waals surface area contributed by atoms with Crippen LogP contribution >= 0.6 is 0 Å². The lowest BCUT2D eigenvalue weighted by Crippen LogP contribution is -1.82. The Balaban J connectivity index is 2.46. The van der Waals surface area contributed by atoms with E-state index in [4.69, 9.17) is 4.74 Å². The van der Waals surface area contributed by atoms with E-state index in [-0.39, 0.29) is 0 Å². The van der Waals surface area contributed by atoms with Crippen molar-refractivity contribution in [3.05, 3.63) is 48.4 Å². The van der Waals surface area contributed by atoms with Gasteiger partial charge >= 0.3 is 0 Å². The van der Waals surface area contributed by atoms with Gasteiger partial charge in [-0.25, -0.2) is 4.98 Å². The molecule has 0 aliphatic carbocycles. The lowest BCUT2D eigenvalue weighted by Gasteiger charge is -1.97. The summed E-state index contributed by atoms with van der Waals surface area (Å²) in [5.41, 5.74) is 1.91. The molecule has 0 radical (unpaired) electrons. The molecular weight excluding hydrogens is 174 g/mol. The van der Waals surface area contributed by atoms with Crippen LogP contribution in [0.25, 0.3) is 17.0 Å². The summed E-state index contributed by atoms with van der Waals surface area (Å²) in [4.78, 5) is 4.45. The first-order valence-electron chi connectivity index (χ1n) is 4.45. The molecule has 2 heteroatoms. The van der Waals surface area contributed by atoms with E-state index in [1.807, 2.05) is 36.4 Å². The first kappa shape index (κ1) is 8.75. The number of benzene rings is 1. The van der Waals surface area contributed by atoms with Crippen molar-refractivity contribution < 1.29 is 4.74 Å². The summed E-state index contributed by atoms with van der Waals surface area (Å²) >= 11 is 0. The van der Waals surface area contributed by atoms with Crippen molar-refractivity contribution in [2.24, 2.45) is 0 Å². The van der Waals surface area contributed by atoms with E-state index in [2.05, 4.69) is 11.1 Å². The molecule has 0 unspecified atom stereocenters. The standard InChI is InChI=1S/C12H11NO/c1-14-9-8-11-7-6-10-4-2-3-5-12(10)13-11/h2-9H,1H3. The van der Waals surface area contributed by atoms with Crippen molar-refractivity contribution in [2.45, 2.75) is 0 Å². The number of hydrogen-bond donors (Lipinski definition) is 0. The van der Waals surface area contributed by atoms with Crippen LogP contribution in [0.5, 0.6) is 0 Å². The van der Waals surface area contributed by atoms with Crippen molar-refractivity contribution >= 4 is 17.0 Å². The Morgan fingerprint density at radius 3 is 2.86 bits per heavy atom. The molecule has 70 valence electrons. The Bertz CT molecular complexity index is 463. The Hall–Kier alpha value is -1.83. The third kappa shape index (κ3) is 1.74. The number of fused-ring (bicyclic) bond motifs is 1. The average molecular weight is 185 g/mol. The van der Waals surface area contributed by atoms with Gasteiger partial charge in [-0.05, 0) is 18.2 Å². The topological polar surface area (TPSA) is 22.1 Å². The molecule has 0 saturated heterocycles. The minimum absolute atomic E-state index is 0.908. The monoisotopic (exact) mass is 185 g/mol. The zero-order chi connectivity index (χ0) is 9.80. The Morgan fingerprint density at radius 2 is 2.00 bits per heavy atom. The van der Waals surface area contributed by atoms with Crippen LogP contribution in [0.2, 0.25) is 0 Å². The van der Waals surface area contributed by atoms with Gasteiger partial charge < -0.3 is 4.74 Å². The van der Waals surface area contributed by atoms with Crippen molar-refractivity contribution in [1.82, 2.24) is 4.98 Å². The maximum Gasteiger partial charge on any atom is 0.0846 e. The summed E-state index contributed by atoms with van der Waals surface area (Å²) in [6.45, 7) is 0. The van der Waals surface area contributed by atoms with Gasteiger partial charge in [-0.3, -0.25) is 0 Å². The second-order valence-corrected chi connectivity index (χ2v) is 2.97. The maximum atomic E-state index is 4.84. The van der Waals surface area contributed by atoms with E-state index in [9.17, 15) is 0 Å². The van der Waals surface area contributed by atoms with E-state index in [1.165, 1.54) is 0 Å². The molecule has 0 atom stereocenters. The fourth-order valence-corrected chi connectivity index (χ4v) is 1.31. The molecule has 14 heavy (non-hydrogen) atoms. The summed E-state index contributed by atoms with van der Waals surface area (Å²) in [6, 6.07) is 12.1. The number of pyridine rings is 1. The second kappa shape index (κ2) is 3.92. The van der Waals surface area contributed by atoms with E-state index in [0.29, 0.717) is 0 Å². The molecule has 0 fully saturated rings. The minimum Gasteiger partial charge on any atom is -0.504 e. The Labute approximate surface area is 82.9 Å². The van der Waals surface area contributed by atoms with Crippen molar-refractivity contribution in [3.63, 3.8) is 0 Å². The molecule has 1 aromatic carbocycles. The Morgan fingerprint density at radius 1 is 1.14 bits per heavy atom. The highest BCUT2D eigenvalue weighted by Crippen LogP contribution is 2.12. The normalized spacial score (nSPS) is 10.9. The van der Waals surface area contributed by atoms with Crippen molar-refractivity contribution in [1.29, 1.82) is 0 Å². The molecule has 2 rings (SSSR count). The summed E-state index contributed by atoms with van der Waals surface area (Å²) in [5.74, 6) is 0. The van der Waals surface area contributed by atoms with Gasteiger partial charge in [-0.15, -0.1) is 0 Å². The Kier molecular flexibility index (Phi) is 2.45. The molecule has 0 N–H and O–H groups in total. The first-order chi connectivity index (χ1) is 6.90. The SMILES string of the molecule is COC=Cc1ccc2ccccc2n1. The third-order valence-corrected chi connectivity index (χ3v) is 1.99. The van der Waals surface area contributed by atoms with E-state index in [1.54, 1.807) is 13.4 Å². The van der Waals surface area contributed by atoms with E-state index >= 15 is 0 Å². The highest BCUT2D eigenvalue weighted by atomic mass is 16.5. The summed E-state index contributed by atoms with van der Waals surface area (Å²) in [5, 5.41) is 1.15. The molecule has 1 heterocycles. The molecule has 1 aromatic heterocycles. The summed E-state index contributed by atoms with van der Waals surface area (Å²) < 4.78 is 4.84. The molecular formula is C12H11NO. The van der Waals surface area contributed by atoms with Crippen LogP contribution in [0, 0.1) is 0 Å². The van der Waals surface area contributed by atoms with Gasteiger partial charge in [0, 0.05) is 5.39 Å². The minimum atomic E-state index is 0.908. The number of ether oxygens (including phenoxy) is 1. The molecule has 0 saturated carbocycles. The van der Waals surface area contributed by atoms with E-state index < -0.39 is 0 Å². The lowest BCUT2D eigenvalue weighted by molar-refractivity contribution is 0.341. The molecule has 2 aromatic rings. The van der Waals surface area contributed by atoms with Crippen LogP contribution in [-0.4, -0.2) is 12.1 Å². The highest BCUT2D eigenvalue weighted by molar-refractivity contribution is 5.79. The smallest absolute Gasteiger partial charge is 0.0846 e. The van der Waals surface area contributed by atoms with Gasteiger partial charge in [0.2, 0.25) is 0 Å². The largest absolute Gasteiger partial charge is 0.504 e. The van der Waals surface area contributed by atoms with Crippen LogP contribution in [0.3, 0.4) is 0 Å². The second-order valence-electron chi connectivity index (χ2n) is 2.97. The molecule has 0 amide bonds. The van der Waals surface area contributed by atoms with Gasteiger partial charge in [0.15, 0.2) is 0 Å². The van der Waals surface area contributed by atoms with Crippen LogP contribution < -0.4 is 0 Å². The van der Waals surface area contributed by atoms with Crippen LogP contribution in [0.1, 0.15) is 5.69 Å². The van der Waals surface area contributed by atoms with Gasteiger partial charge in [0.1, 0.15) is 0 Å². The molecule has 0 bridgehead atoms. The predicted octanol–water partition coefficient (Wildman–Crippen LogP) is 2.85. The first-order valence-corrected chi connectivity index (χ1v) is 4.45. The van der Waals surface area contributed by atoms with Gasteiger partial charge in [0.05, 0.1) is 24.6 Å². The number of para-hydroxylation sites is 1. The van der Waals surface area contributed by atoms with Crippen LogP contribution in [0.15, 0.2) is 42.7 Å². The highest BCUT2D eigenvalue weighted by Gasteiger charge is 1.93. The molecule has 0 aliphatic heterocycles. The van der Waals surface area contributed by atoms with Crippen molar-refractivity contribution in [2.75, 3.05) is 7.11 Å². The van der Waals surface area contributed by atoms with Gasteiger partial charge in [0.25, 0.3) is 0 Å². The predicted molar refractivity (Wildman–Crippen MR) is 57.8 cm³/mol. The lowest BCUT2D eigenvalue weighted by atomic mass is 10.2. The van der Waals surface area contributed by atoms with Gasteiger partial charge in [-0.1, -0.05) is 24.3 Å². The summed E-state index contributed by atoms with van der Waals surface area (Å²) in [7, 11) is 1.62. The number of nitrogens with zero attached hydrogens (tertiary/aromatic N) is 1. The molecule has 2 nitrogen and oxygen atoms in total. The van der Waals surface area contributed by atoms with Crippen LogP contribution in [-0.2, 0) is 4.74 Å². The van der Waals surface area contributed by atoms with Crippen molar-refractivity contribution in [3.8, 4) is 0 Å². The number of rotatable bonds is 2. The molecule has 0 aliphatic rings. The molecule has 0 spiro atoms. The zero-order valence-electron chi connectivity index (χ0n) is 7.97. The zero-order valence-corrected chi connectivity index (χ0v) is 7.97. The fourth-order valence-electron chi connectivity index (χ4n) is 1.31. The fraction of sp³-hybridized carbons (Fsp3) is 0.0833. The quantitative estimate of drug-likeness (QED) is 0.671. The number of aromatic nitrogens is 1. The average Bonchev–Trinajstić information content (AvgIpc) is 2.26. The number of methoxy groups -OCH3 is 1. The maximum absolute atomic E-state index is 4.84. The summed E-state index contributed by atoms with van der Waals surface area (Å²) in [6.07, 6.45) is 3.46. The third-order valence-electron chi connectivity index (χ3n) is 1.99. The number of hydrogen-bond acceptors (Lipinski definition) is 2. The van der Waals surface area contributed by atoms with E-state index in [0.717, 1.165) is 16.6 Å². The van der Waals surface area contributed by atoms with Gasteiger partial charge in [-0.2, -0.15) is 0 Å².